The summed E-state index contributed by atoms with van der Waals surface area (Å²) in [5.74, 6) is 0.574. The number of rotatable bonds is 3. The van der Waals surface area contributed by atoms with E-state index < -0.39 is 6.10 Å². The number of hydrogen-bond acceptors (Lipinski definition) is 3. The first kappa shape index (κ1) is 14.6. The number of fused-ring (bicyclic) bond motifs is 1. The number of amides is 1. The van der Waals surface area contributed by atoms with E-state index >= 15 is 0 Å². The molecule has 1 saturated heterocycles. The molecule has 2 aromatic rings. The number of pyridine rings is 1. The van der Waals surface area contributed by atoms with E-state index in [0.717, 1.165) is 30.2 Å². The second kappa shape index (κ2) is 5.93. The van der Waals surface area contributed by atoms with Crippen LogP contribution >= 0.6 is 0 Å². The van der Waals surface area contributed by atoms with E-state index in [1.54, 1.807) is 0 Å². The Bertz CT molecular complexity index is 721. The highest BCUT2D eigenvalue weighted by molar-refractivity contribution is 5.82. The molecule has 1 saturated carbocycles. The maximum absolute atomic E-state index is 12.4. The van der Waals surface area contributed by atoms with Gasteiger partial charge < -0.3 is 10.0 Å². The smallest absolute Gasteiger partial charge is 0.225 e. The Morgan fingerprint density at radius 1 is 1.22 bits per heavy atom. The van der Waals surface area contributed by atoms with Crippen LogP contribution in [0, 0.1) is 11.8 Å². The molecule has 2 fully saturated rings. The number of carbonyl (C=O) groups excluding carboxylic acids is 1. The van der Waals surface area contributed by atoms with Gasteiger partial charge in [0.25, 0.3) is 0 Å². The third-order valence-corrected chi connectivity index (χ3v) is 5.39. The van der Waals surface area contributed by atoms with E-state index in [1.807, 2.05) is 35.4 Å². The molecule has 1 aliphatic carbocycles. The molecule has 1 amide bonds. The second-order valence-electron chi connectivity index (χ2n) is 6.89. The Morgan fingerprint density at radius 2 is 2.04 bits per heavy atom. The maximum Gasteiger partial charge on any atom is 0.225 e. The van der Waals surface area contributed by atoms with Gasteiger partial charge >= 0.3 is 0 Å². The van der Waals surface area contributed by atoms with E-state index in [4.69, 9.17) is 0 Å². The standard InChI is InChI=1S/C19H22N2O2/c22-18-12-21(19(23)13-4-3-5-13)11-15(18)10-14-8-9-20-17-7-2-1-6-16(14)17/h1-2,6-9,13,15,18,22H,3-5,10-12H2/t15-,18+/m1/s1. The summed E-state index contributed by atoms with van der Waals surface area (Å²) in [6, 6.07) is 10.1. The molecule has 23 heavy (non-hydrogen) atoms. The fourth-order valence-corrected chi connectivity index (χ4v) is 3.76. The summed E-state index contributed by atoms with van der Waals surface area (Å²) in [5, 5.41) is 11.5. The summed E-state index contributed by atoms with van der Waals surface area (Å²) >= 11 is 0. The minimum atomic E-state index is -0.425. The van der Waals surface area contributed by atoms with Crippen molar-refractivity contribution in [1.82, 2.24) is 9.88 Å². The molecule has 4 heteroatoms. The summed E-state index contributed by atoms with van der Waals surface area (Å²) < 4.78 is 0. The maximum atomic E-state index is 12.4. The zero-order valence-corrected chi connectivity index (χ0v) is 13.2. The zero-order valence-electron chi connectivity index (χ0n) is 13.2. The Morgan fingerprint density at radius 3 is 2.83 bits per heavy atom. The minimum Gasteiger partial charge on any atom is -0.391 e. The van der Waals surface area contributed by atoms with E-state index in [1.165, 1.54) is 12.0 Å². The Labute approximate surface area is 136 Å². The van der Waals surface area contributed by atoms with Crippen LogP contribution in [-0.2, 0) is 11.2 Å². The number of nitrogens with zero attached hydrogens (tertiary/aromatic N) is 2. The Kier molecular flexibility index (Phi) is 3.77. The predicted molar refractivity (Wildman–Crippen MR) is 88.9 cm³/mol. The topological polar surface area (TPSA) is 53.4 Å². The molecule has 2 aliphatic rings. The van der Waals surface area contributed by atoms with Gasteiger partial charge in [0, 0.05) is 36.5 Å². The summed E-state index contributed by atoms with van der Waals surface area (Å²) in [6.45, 7) is 1.16. The minimum absolute atomic E-state index is 0.116. The zero-order chi connectivity index (χ0) is 15.8. The highest BCUT2D eigenvalue weighted by Gasteiger charge is 2.38. The number of para-hydroxylation sites is 1. The third kappa shape index (κ3) is 2.72. The van der Waals surface area contributed by atoms with Gasteiger partial charge in [-0.25, -0.2) is 0 Å². The van der Waals surface area contributed by atoms with Gasteiger partial charge in [-0.1, -0.05) is 24.6 Å². The summed E-state index contributed by atoms with van der Waals surface area (Å²) in [6.07, 6.45) is 5.40. The average Bonchev–Trinajstić information content (AvgIpc) is 2.87. The van der Waals surface area contributed by atoms with Crippen LogP contribution < -0.4 is 0 Å². The quantitative estimate of drug-likeness (QED) is 0.947. The van der Waals surface area contributed by atoms with Crippen molar-refractivity contribution in [2.24, 2.45) is 11.8 Å². The first-order valence-corrected chi connectivity index (χ1v) is 8.52. The van der Waals surface area contributed by atoms with E-state index in [2.05, 4.69) is 11.1 Å². The molecule has 120 valence electrons. The number of benzene rings is 1. The molecule has 4 nitrogen and oxygen atoms in total. The summed E-state index contributed by atoms with van der Waals surface area (Å²) in [4.78, 5) is 18.7. The molecule has 1 aromatic heterocycles. The molecular formula is C19H22N2O2. The molecule has 0 radical (unpaired) electrons. The van der Waals surface area contributed by atoms with Crippen molar-refractivity contribution in [1.29, 1.82) is 0 Å². The lowest BCUT2D eigenvalue weighted by atomic mass is 9.84. The SMILES string of the molecule is O=C(C1CCC1)N1C[C@@H](Cc2ccnc3ccccc23)[C@@H](O)C1. The van der Waals surface area contributed by atoms with Crippen molar-refractivity contribution in [3.05, 3.63) is 42.1 Å². The van der Waals surface area contributed by atoms with Crippen molar-refractivity contribution >= 4 is 16.8 Å². The van der Waals surface area contributed by atoms with Gasteiger partial charge in [-0.3, -0.25) is 9.78 Å². The van der Waals surface area contributed by atoms with Gasteiger partial charge in [-0.05, 0) is 37.0 Å². The van der Waals surface area contributed by atoms with Crippen molar-refractivity contribution < 1.29 is 9.90 Å². The van der Waals surface area contributed by atoms with Gasteiger partial charge in [0.1, 0.15) is 0 Å². The molecule has 4 rings (SSSR count). The number of hydrogen-bond donors (Lipinski definition) is 1. The molecule has 1 N–H and O–H groups in total. The third-order valence-electron chi connectivity index (χ3n) is 5.39. The molecule has 2 heterocycles. The number of aromatic nitrogens is 1. The van der Waals surface area contributed by atoms with Gasteiger partial charge in [-0.15, -0.1) is 0 Å². The van der Waals surface area contributed by atoms with Gasteiger partial charge in [0.2, 0.25) is 5.91 Å². The van der Waals surface area contributed by atoms with Crippen LogP contribution in [0.5, 0.6) is 0 Å². The van der Waals surface area contributed by atoms with Crippen molar-refractivity contribution in [2.75, 3.05) is 13.1 Å². The number of carbonyl (C=O) groups is 1. The lowest BCUT2D eigenvalue weighted by Crippen LogP contribution is -2.37. The number of β-amino-alcohol motifs (C(OH)–C–C–N with tert-alkyl or cyclic N) is 1. The lowest BCUT2D eigenvalue weighted by molar-refractivity contribution is -0.137. The van der Waals surface area contributed by atoms with E-state index in [9.17, 15) is 9.90 Å². The molecule has 0 spiro atoms. The summed E-state index contributed by atoms with van der Waals surface area (Å²) in [5.41, 5.74) is 2.19. The predicted octanol–water partition coefficient (Wildman–Crippen LogP) is 2.40. The van der Waals surface area contributed by atoms with Crippen LogP contribution in [0.4, 0.5) is 0 Å². The molecule has 1 aliphatic heterocycles. The molecule has 0 bridgehead atoms. The Hall–Kier alpha value is -1.94. The van der Waals surface area contributed by atoms with Gasteiger partial charge in [-0.2, -0.15) is 0 Å². The number of likely N-dealkylation sites (tertiary alicyclic amines) is 1. The van der Waals surface area contributed by atoms with Gasteiger partial charge in [0.15, 0.2) is 0 Å². The van der Waals surface area contributed by atoms with Crippen molar-refractivity contribution in [3.8, 4) is 0 Å². The van der Waals surface area contributed by atoms with Crippen LogP contribution in [0.3, 0.4) is 0 Å². The first-order chi connectivity index (χ1) is 11.2. The van der Waals surface area contributed by atoms with Crippen LogP contribution in [0.1, 0.15) is 24.8 Å². The lowest BCUT2D eigenvalue weighted by Gasteiger charge is -2.29. The first-order valence-electron chi connectivity index (χ1n) is 8.52. The average molecular weight is 310 g/mol. The largest absolute Gasteiger partial charge is 0.391 e. The molecule has 2 atom stereocenters. The van der Waals surface area contributed by atoms with E-state index in [0.29, 0.717) is 13.1 Å². The Balaban J connectivity index is 1.51. The highest BCUT2D eigenvalue weighted by atomic mass is 16.3. The monoisotopic (exact) mass is 310 g/mol. The van der Waals surface area contributed by atoms with Crippen LogP contribution in [0.25, 0.3) is 10.9 Å². The molecule has 1 aromatic carbocycles. The highest BCUT2D eigenvalue weighted by Crippen LogP contribution is 2.31. The van der Waals surface area contributed by atoms with Crippen molar-refractivity contribution in [2.45, 2.75) is 31.8 Å². The van der Waals surface area contributed by atoms with Crippen LogP contribution in [0.2, 0.25) is 0 Å². The number of aliphatic hydroxyl groups excluding tert-OH is 1. The molecular weight excluding hydrogens is 288 g/mol. The van der Waals surface area contributed by atoms with Crippen LogP contribution in [0.15, 0.2) is 36.5 Å². The fraction of sp³-hybridized carbons (Fsp3) is 0.474. The van der Waals surface area contributed by atoms with Crippen LogP contribution in [-0.4, -0.2) is 40.1 Å². The molecule has 0 unspecified atom stereocenters. The number of aliphatic hydroxyl groups is 1. The fourth-order valence-electron chi connectivity index (χ4n) is 3.76. The van der Waals surface area contributed by atoms with Crippen molar-refractivity contribution in [3.63, 3.8) is 0 Å². The van der Waals surface area contributed by atoms with Gasteiger partial charge in [0.05, 0.1) is 11.6 Å². The van der Waals surface area contributed by atoms with E-state index in [-0.39, 0.29) is 17.7 Å². The summed E-state index contributed by atoms with van der Waals surface area (Å²) in [7, 11) is 0. The second-order valence-corrected chi connectivity index (χ2v) is 6.89. The normalized spacial score (nSPS) is 24.8.